The van der Waals surface area contributed by atoms with E-state index in [2.05, 4.69) is 5.32 Å². The lowest BCUT2D eigenvalue weighted by atomic mass is 9.98. The highest BCUT2D eigenvalue weighted by atomic mass is 32.2. The van der Waals surface area contributed by atoms with Crippen molar-refractivity contribution in [2.45, 2.75) is 58.2 Å². The first kappa shape index (κ1) is 23.1. The van der Waals surface area contributed by atoms with Crippen molar-refractivity contribution in [2.75, 3.05) is 5.75 Å². The molecular weight excluding hydrogens is 366 g/mol. The molecule has 0 unspecified atom stereocenters. The minimum Gasteiger partial charge on any atom is -0.480 e. The molecule has 0 aromatic heterocycles. The Morgan fingerprint density at radius 2 is 1.67 bits per heavy atom. The lowest BCUT2D eigenvalue weighted by Gasteiger charge is -2.25. The van der Waals surface area contributed by atoms with Gasteiger partial charge in [-0.15, -0.1) is 0 Å². The maximum Gasteiger partial charge on any atom is 0.326 e. The topological polar surface area (TPSA) is 101 Å². The minimum atomic E-state index is -3.55. The number of nitrogens with one attached hydrogen (secondary N) is 1. The lowest BCUT2D eigenvalue weighted by molar-refractivity contribution is -0.142. The Labute approximate surface area is 162 Å². The maximum absolute atomic E-state index is 12.8. The number of sulfone groups is 1. The lowest BCUT2D eigenvalue weighted by Crippen LogP contribution is -2.47. The van der Waals surface area contributed by atoms with Crippen molar-refractivity contribution < 1.29 is 23.1 Å². The highest BCUT2D eigenvalue weighted by molar-refractivity contribution is 7.92. The summed E-state index contributed by atoms with van der Waals surface area (Å²) in [6.45, 7) is 8.52. The van der Waals surface area contributed by atoms with Crippen molar-refractivity contribution in [3.05, 3.63) is 35.9 Å². The van der Waals surface area contributed by atoms with Crippen LogP contribution in [0.2, 0.25) is 0 Å². The van der Waals surface area contributed by atoms with Crippen LogP contribution in [0, 0.1) is 11.8 Å². The molecule has 0 heterocycles. The molecule has 0 saturated heterocycles. The molecule has 27 heavy (non-hydrogen) atoms. The van der Waals surface area contributed by atoms with Crippen molar-refractivity contribution in [3.8, 4) is 0 Å². The molecule has 0 bridgehead atoms. The number of carboxylic acid groups (broad SMARTS) is 1. The minimum absolute atomic E-state index is 0.0808. The van der Waals surface area contributed by atoms with Gasteiger partial charge in [0.1, 0.15) is 6.04 Å². The van der Waals surface area contributed by atoms with Crippen LogP contribution in [0.4, 0.5) is 0 Å². The van der Waals surface area contributed by atoms with E-state index >= 15 is 0 Å². The zero-order chi connectivity index (χ0) is 20.8. The number of carbonyl (C=O) groups is 2. The molecule has 1 rings (SSSR count). The van der Waals surface area contributed by atoms with E-state index in [1.54, 1.807) is 20.8 Å². The standard InChI is InChI=1S/C20H31NO5S/c1-14(2)11-17(19(23)24)21-18(22)16(12-15-9-7-6-8-10-15)13-27(25,26)20(3,4)5/h6-10,14,16-17H,11-13H2,1-5H3,(H,21,22)(H,23,24)/t16-,17+/m1/s1. The van der Waals surface area contributed by atoms with Gasteiger partial charge in [-0.3, -0.25) is 4.79 Å². The molecule has 0 aliphatic heterocycles. The van der Waals surface area contributed by atoms with Crippen molar-refractivity contribution >= 4 is 21.7 Å². The van der Waals surface area contributed by atoms with Crippen molar-refractivity contribution in [2.24, 2.45) is 11.8 Å². The molecular formula is C20H31NO5S. The van der Waals surface area contributed by atoms with E-state index in [1.165, 1.54) is 0 Å². The Kier molecular flexibility index (Phi) is 8.02. The van der Waals surface area contributed by atoms with Gasteiger partial charge in [0.2, 0.25) is 5.91 Å². The van der Waals surface area contributed by atoms with Gasteiger partial charge in [-0.2, -0.15) is 0 Å². The van der Waals surface area contributed by atoms with Crippen molar-refractivity contribution in [1.29, 1.82) is 0 Å². The summed E-state index contributed by atoms with van der Waals surface area (Å²) in [5.41, 5.74) is 0.831. The van der Waals surface area contributed by atoms with E-state index in [9.17, 15) is 23.1 Å². The van der Waals surface area contributed by atoms with E-state index in [-0.39, 0.29) is 24.5 Å². The van der Waals surface area contributed by atoms with Gasteiger partial charge in [0.05, 0.1) is 16.4 Å². The van der Waals surface area contributed by atoms with Gasteiger partial charge >= 0.3 is 5.97 Å². The smallest absolute Gasteiger partial charge is 0.326 e. The van der Waals surface area contributed by atoms with Gasteiger partial charge in [-0.25, -0.2) is 13.2 Å². The van der Waals surface area contributed by atoms with Gasteiger partial charge in [0, 0.05) is 0 Å². The molecule has 2 atom stereocenters. The fraction of sp³-hybridized carbons (Fsp3) is 0.600. The van der Waals surface area contributed by atoms with E-state index < -0.39 is 38.4 Å². The fourth-order valence-electron chi connectivity index (χ4n) is 2.62. The molecule has 0 radical (unpaired) electrons. The average molecular weight is 398 g/mol. The van der Waals surface area contributed by atoms with Crippen LogP contribution in [0.1, 0.15) is 46.6 Å². The van der Waals surface area contributed by atoms with Crippen LogP contribution in [-0.2, 0) is 25.8 Å². The first-order valence-corrected chi connectivity index (χ1v) is 10.8. The number of carboxylic acids is 1. The van der Waals surface area contributed by atoms with Crippen LogP contribution in [0.3, 0.4) is 0 Å². The Bertz CT molecular complexity index is 735. The first-order valence-electron chi connectivity index (χ1n) is 9.13. The molecule has 1 aromatic rings. The van der Waals surface area contributed by atoms with Crippen LogP contribution in [0.15, 0.2) is 30.3 Å². The van der Waals surface area contributed by atoms with Gasteiger partial charge in [0.25, 0.3) is 0 Å². The summed E-state index contributed by atoms with van der Waals surface area (Å²) in [7, 11) is -3.55. The van der Waals surface area contributed by atoms with E-state index in [1.807, 2.05) is 44.2 Å². The van der Waals surface area contributed by atoms with Gasteiger partial charge in [-0.1, -0.05) is 44.2 Å². The Balaban J connectivity index is 3.08. The van der Waals surface area contributed by atoms with Gasteiger partial charge < -0.3 is 10.4 Å². The highest BCUT2D eigenvalue weighted by Crippen LogP contribution is 2.21. The van der Waals surface area contributed by atoms with Crippen LogP contribution < -0.4 is 5.32 Å². The van der Waals surface area contributed by atoms with E-state index in [0.717, 1.165) is 5.56 Å². The van der Waals surface area contributed by atoms with Gasteiger partial charge in [0.15, 0.2) is 9.84 Å². The van der Waals surface area contributed by atoms with Crippen LogP contribution in [-0.4, -0.2) is 41.9 Å². The predicted octanol–water partition coefficient (Wildman–Crippen LogP) is 2.67. The van der Waals surface area contributed by atoms with Crippen LogP contribution >= 0.6 is 0 Å². The number of hydrogen-bond donors (Lipinski definition) is 2. The number of carbonyl (C=O) groups excluding carboxylic acids is 1. The summed E-state index contributed by atoms with van der Waals surface area (Å²) in [6, 6.07) is 8.10. The molecule has 0 saturated carbocycles. The molecule has 0 aliphatic rings. The van der Waals surface area contributed by atoms with Gasteiger partial charge in [-0.05, 0) is 45.1 Å². The molecule has 0 spiro atoms. The molecule has 0 fully saturated rings. The predicted molar refractivity (Wildman–Crippen MR) is 106 cm³/mol. The average Bonchev–Trinajstić information content (AvgIpc) is 2.52. The first-order chi connectivity index (χ1) is 12.3. The summed E-state index contributed by atoms with van der Waals surface area (Å²) in [4.78, 5) is 24.3. The third-order valence-electron chi connectivity index (χ3n) is 4.37. The molecule has 6 nitrogen and oxygen atoms in total. The van der Waals surface area contributed by atoms with E-state index in [4.69, 9.17) is 0 Å². The number of aliphatic carboxylic acids is 1. The van der Waals surface area contributed by atoms with Crippen LogP contribution in [0.25, 0.3) is 0 Å². The number of amides is 1. The number of hydrogen-bond acceptors (Lipinski definition) is 4. The molecule has 152 valence electrons. The molecule has 0 aliphatic carbocycles. The third kappa shape index (κ3) is 7.33. The summed E-state index contributed by atoms with van der Waals surface area (Å²) >= 11 is 0. The Morgan fingerprint density at radius 3 is 2.11 bits per heavy atom. The van der Waals surface area contributed by atoms with Crippen molar-refractivity contribution in [1.82, 2.24) is 5.32 Å². The second kappa shape index (κ2) is 9.35. The maximum atomic E-state index is 12.8. The fourth-order valence-corrected chi connectivity index (χ4v) is 3.92. The monoisotopic (exact) mass is 397 g/mol. The molecule has 7 heteroatoms. The summed E-state index contributed by atoms with van der Waals surface area (Å²) in [5, 5.41) is 11.9. The Morgan fingerprint density at radius 1 is 1.11 bits per heavy atom. The summed E-state index contributed by atoms with van der Waals surface area (Å²) in [5.74, 6) is -2.76. The highest BCUT2D eigenvalue weighted by Gasteiger charge is 2.35. The number of rotatable bonds is 9. The Hall–Kier alpha value is -1.89. The quantitative estimate of drug-likeness (QED) is 0.667. The molecule has 1 aromatic carbocycles. The molecule has 2 N–H and O–H groups in total. The molecule has 1 amide bonds. The zero-order valence-electron chi connectivity index (χ0n) is 16.7. The van der Waals surface area contributed by atoms with Crippen LogP contribution in [0.5, 0.6) is 0 Å². The third-order valence-corrected chi connectivity index (χ3v) is 7.08. The largest absolute Gasteiger partial charge is 0.480 e. The second-order valence-corrected chi connectivity index (χ2v) is 11.1. The van der Waals surface area contributed by atoms with E-state index in [0.29, 0.717) is 0 Å². The second-order valence-electron chi connectivity index (χ2n) is 8.31. The SMILES string of the molecule is CC(C)C[C@H](NC(=O)[C@H](Cc1ccccc1)CS(=O)(=O)C(C)(C)C)C(=O)O. The zero-order valence-corrected chi connectivity index (χ0v) is 17.5. The normalized spacial score (nSPS) is 14.6. The number of benzene rings is 1. The summed E-state index contributed by atoms with van der Waals surface area (Å²) < 4.78 is 24.3. The van der Waals surface area contributed by atoms with Crippen molar-refractivity contribution in [3.63, 3.8) is 0 Å². The summed E-state index contributed by atoms with van der Waals surface area (Å²) in [6.07, 6.45) is 0.515.